The monoisotopic (exact) mass is 381 g/mol. The fourth-order valence-corrected chi connectivity index (χ4v) is 3.01. The first-order chi connectivity index (χ1) is 13.6. The molecule has 2 aromatic carbocycles. The van der Waals surface area contributed by atoms with Gasteiger partial charge >= 0.3 is 6.09 Å². The van der Waals surface area contributed by atoms with Crippen LogP contribution in [0.25, 0.3) is 0 Å². The summed E-state index contributed by atoms with van der Waals surface area (Å²) in [6.07, 6.45) is 0.106. The average molecular weight is 381 g/mol. The summed E-state index contributed by atoms with van der Waals surface area (Å²) in [5.74, 6) is -0.563. The molecular weight excluding hydrogens is 358 g/mol. The third kappa shape index (κ3) is 4.68. The zero-order valence-electron chi connectivity index (χ0n) is 15.8. The van der Waals surface area contributed by atoms with Crippen molar-refractivity contribution in [2.45, 2.75) is 13.0 Å². The fourth-order valence-electron chi connectivity index (χ4n) is 3.01. The SMILES string of the molecule is CN(CC(=O)N1CCCN1C(=O)OCc1ccccc1)C(=O)c1ccccc1. The van der Waals surface area contributed by atoms with Gasteiger partial charge in [-0.3, -0.25) is 9.59 Å². The van der Waals surface area contributed by atoms with Gasteiger partial charge in [-0.1, -0.05) is 48.5 Å². The zero-order chi connectivity index (χ0) is 19.9. The molecular formula is C21H23N3O4. The van der Waals surface area contributed by atoms with Gasteiger partial charge in [-0.25, -0.2) is 14.8 Å². The van der Waals surface area contributed by atoms with E-state index in [1.807, 2.05) is 36.4 Å². The zero-order valence-corrected chi connectivity index (χ0v) is 15.8. The summed E-state index contributed by atoms with van der Waals surface area (Å²) in [6.45, 7) is 0.864. The molecule has 0 unspecified atom stereocenters. The Morgan fingerprint density at radius 2 is 1.54 bits per heavy atom. The van der Waals surface area contributed by atoms with Gasteiger partial charge in [0.15, 0.2) is 0 Å². The van der Waals surface area contributed by atoms with E-state index < -0.39 is 6.09 Å². The molecule has 1 aliphatic rings. The van der Waals surface area contributed by atoms with Gasteiger partial charge < -0.3 is 9.64 Å². The molecule has 7 nitrogen and oxygen atoms in total. The van der Waals surface area contributed by atoms with Gasteiger partial charge in [-0.05, 0) is 24.1 Å². The van der Waals surface area contributed by atoms with Gasteiger partial charge in [0.25, 0.3) is 11.8 Å². The molecule has 3 amide bonds. The fraction of sp³-hybridized carbons (Fsp3) is 0.286. The Hall–Kier alpha value is -3.35. The van der Waals surface area contributed by atoms with Crippen molar-refractivity contribution in [1.82, 2.24) is 14.9 Å². The first-order valence-corrected chi connectivity index (χ1v) is 9.15. The van der Waals surface area contributed by atoms with E-state index in [9.17, 15) is 14.4 Å². The van der Waals surface area contributed by atoms with E-state index in [1.54, 1.807) is 31.3 Å². The van der Waals surface area contributed by atoms with E-state index in [-0.39, 0.29) is 25.0 Å². The van der Waals surface area contributed by atoms with Gasteiger partial charge in [0.1, 0.15) is 13.2 Å². The molecule has 1 fully saturated rings. The molecule has 0 aliphatic carbocycles. The van der Waals surface area contributed by atoms with E-state index in [0.29, 0.717) is 25.1 Å². The van der Waals surface area contributed by atoms with Crippen molar-refractivity contribution < 1.29 is 19.1 Å². The predicted octanol–water partition coefficient (Wildman–Crippen LogP) is 2.54. The Labute approximate surface area is 164 Å². The number of carbonyl (C=O) groups is 3. The van der Waals surface area contributed by atoms with Crippen LogP contribution in [0.1, 0.15) is 22.3 Å². The Balaban J connectivity index is 1.56. The second-order valence-corrected chi connectivity index (χ2v) is 6.56. The van der Waals surface area contributed by atoms with E-state index in [0.717, 1.165) is 5.56 Å². The summed E-state index contributed by atoms with van der Waals surface area (Å²) in [7, 11) is 1.57. The number of amides is 3. The minimum absolute atomic E-state index is 0.115. The van der Waals surface area contributed by atoms with E-state index >= 15 is 0 Å². The van der Waals surface area contributed by atoms with Crippen molar-refractivity contribution >= 4 is 17.9 Å². The second kappa shape index (κ2) is 9.03. The van der Waals surface area contributed by atoms with Crippen LogP contribution in [-0.4, -0.2) is 59.5 Å². The van der Waals surface area contributed by atoms with Gasteiger partial charge in [-0.2, -0.15) is 0 Å². The van der Waals surface area contributed by atoms with Crippen molar-refractivity contribution in [3.63, 3.8) is 0 Å². The molecule has 3 rings (SSSR count). The maximum atomic E-state index is 12.7. The maximum Gasteiger partial charge on any atom is 0.429 e. The number of hydrazine groups is 1. The molecule has 146 valence electrons. The molecule has 0 atom stereocenters. The van der Waals surface area contributed by atoms with Crippen LogP contribution in [0.15, 0.2) is 60.7 Å². The number of nitrogens with zero attached hydrogens (tertiary/aromatic N) is 3. The van der Waals surface area contributed by atoms with Crippen molar-refractivity contribution in [2.75, 3.05) is 26.7 Å². The molecule has 0 N–H and O–H groups in total. The summed E-state index contributed by atoms with van der Waals surface area (Å²) in [4.78, 5) is 38.8. The smallest absolute Gasteiger partial charge is 0.429 e. The van der Waals surface area contributed by atoms with E-state index in [4.69, 9.17) is 4.74 Å². The van der Waals surface area contributed by atoms with Crippen molar-refractivity contribution in [3.8, 4) is 0 Å². The molecule has 1 heterocycles. The highest BCUT2D eigenvalue weighted by molar-refractivity contribution is 5.96. The topological polar surface area (TPSA) is 70.2 Å². The lowest BCUT2D eigenvalue weighted by molar-refractivity contribution is -0.142. The number of likely N-dealkylation sites (N-methyl/N-ethyl adjacent to an activating group) is 1. The maximum absolute atomic E-state index is 12.7. The first kappa shape index (κ1) is 19.4. The molecule has 0 saturated carbocycles. The second-order valence-electron chi connectivity index (χ2n) is 6.56. The molecule has 7 heteroatoms. The summed E-state index contributed by atoms with van der Waals surface area (Å²) < 4.78 is 5.33. The van der Waals surface area contributed by atoms with E-state index in [1.165, 1.54) is 14.9 Å². The van der Waals surface area contributed by atoms with Crippen molar-refractivity contribution in [1.29, 1.82) is 0 Å². The van der Waals surface area contributed by atoms with Gasteiger partial charge in [0, 0.05) is 25.7 Å². The molecule has 0 radical (unpaired) electrons. The van der Waals surface area contributed by atoms with Crippen LogP contribution in [0.5, 0.6) is 0 Å². The normalized spacial score (nSPS) is 13.3. The van der Waals surface area contributed by atoms with Crippen LogP contribution in [-0.2, 0) is 16.1 Å². The number of carbonyl (C=O) groups excluding carboxylic acids is 3. The number of hydrogen-bond donors (Lipinski definition) is 0. The van der Waals surface area contributed by atoms with Gasteiger partial charge in [0.05, 0.1) is 0 Å². The molecule has 1 aliphatic heterocycles. The third-order valence-electron chi connectivity index (χ3n) is 4.47. The van der Waals surface area contributed by atoms with Crippen LogP contribution >= 0.6 is 0 Å². The molecule has 0 bridgehead atoms. The standard InChI is InChI=1S/C21H23N3O4/c1-22(20(26)18-11-6-3-7-12-18)15-19(25)23-13-8-14-24(23)21(27)28-16-17-9-4-2-5-10-17/h2-7,9-12H,8,13-16H2,1H3. The number of rotatable bonds is 5. The quantitative estimate of drug-likeness (QED) is 0.798. The highest BCUT2D eigenvalue weighted by atomic mass is 16.6. The van der Waals surface area contributed by atoms with Crippen LogP contribution in [0.2, 0.25) is 0 Å². The average Bonchev–Trinajstić information content (AvgIpc) is 3.23. The van der Waals surface area contributed by atoms with Gasteiger partial charge in [-0.15, -0.1) is 0 Å². The highest BCUT2D eigenvalue weighted by Gasteiger charge is 2.32. The van der Waals surface area contributed by atoms with E-state index in [2.05, 4.69) is 0 Å². The van der Waals surface area contributed by atoms with Crippen LogP contribution in [0, 0.1) is 0 Å². The lowest BCUT2D eigenvalue weighted by Crippen LogP contribution is -2.49. The lowest BCUT2D eigenvalue weighted by atomic mass is 10.2. The Kier molecular flexibility index (Phi) is 6.26. The van der Waals surface area contributed by atoms with Crippen LogP contribution in [0.4, 0.5) is 4.79 Å². The minimum Gasteiger partial charge on any atom is -0.443 e. The predicted molar refractivity (Wildman–Crippen MR) is 103 cm³/mol. The first-order valence-electron chi connectivity index (χ1n) is 9.15. The van der Waals surface area contributed by atoms with Crippen LogP contribution in [0.3, 0.4) is 0 Å². The summed E-state index contributed by atoms with van der Waals surface area (Å²) in [5, 5.41) is 2.67. The largest absolute Gasteiger partial charge is 0.443 e. The van der Waals surface area contributed by atoms with Crippen molar-refractivity contribution in [3.05, 3.63) is 71.8 Å². The third-order valence-corrected chi connectivity index (χ3v) is 4.47. The number of ether oxygens (including phenoxy) is 1. The summed E-state index contributed by atoms with van der Waals surface area (Å²) in [5.41, 5.74) is 1.39. The Bertz CT molecular complexity index is 826. The lowest BCUT2D eigenvalue weighted by Gasteiger charge is -2.28. The van der Waals surface area contributed by atoms with Crippen molar-refractivity contribution in [2.24, 2.45) is 0 Å². The molecule has 1 saturated heterocycles. The molecule has 0 aromatic heterocycles. The Morgan fingerprint density at radius 1 is 0.929 bits per heavy atom. The number of benzene rings is 2. The summed E-state index contributed by atoms with van der Waals surface area (Å²) >= 11 is 0. The minimum atomic E-state index is -0.563. The molecule has 0 spiro atoms. The molecule has 28 heavy (non-hydrogen) atoms. The highest BCUT2D eigenvalue weighted by Crippen LogP contribution is 2.14. The molecule has 2 aromatic rings. The number of hydrogen-bond acceptors (Lipinski definition) is 4. The van der Waals surface area contributed by atoms with Gasteiger partial charge in [0.2, 0.25) is 0 Å². The summed E-state index contributed by atoms with van der Waals surface area (Å²) in [6, 6.07) is 18.1. The Morgan fingerprint density at radius 3 is 2.21 bits per heavy atom. The van der Waals surface area contributed by atoms with Crippen LogP contribution < -0.4 is 0 Å².